The first-order valence-corrected chi connectivity index (χ1v) is 17.5. The third kappa shape index (κ3) is 6.22. The number of para-hydroxylation sites is 3. The van der Waals surface area contributed by atoms with E-state index in [0.717, 1.165) is 21.3 Å². The van der Waals surface area contributed by atoms with E-state index in [2.05, 4.69) is 11.3 Å². The van der Waals surface area contributed by atoms with Gasteiger partial charge in [-0.2, -0.15) is 0 Å². The summed E-state index contributed by atoms with van der Waals surface area (Å²) in [6, 6.07) is -20.9. The van der Waals surface area contributed by atoms with Gasteiger partial charge >= 0.3 is 0 Å². The van der Waals surface area contributed by atoms with Crippen molar-refractivity contribution in [3.8, 4) is 50.9 Å². The smallest absolute Gasteiger partial charge is 0.269 e. The Labute approximate surface area is 378 Å². The van der Waals surface area contributed by atoms with E-state index in [1.807, 2.05) is 0 Å². The molecule has 58 heavy (non-hydrogen) atoms. The zero-order chi connectivity index (χ0) is 63.7. The highest BCUT2D eigenvalue weighted by atomic mass is 16.5. The lowest BCUT2D eigenvalue weighted by molar-refractivity contribution is -0.571. The molecule has 5 nitrogen and oxygen atoms in total. The third-order valence-corrected chi connectivity index (χ3v) is 8.98. The summed E-state index contributed by atoms with van der Waals surface area (Å²) < 4.78 is 261. The van der Waals surface area contributed by atoms with Gasteiger partial charge in [0.05, 0.1) is 71.8 Å². The molecule has 280 valence electrons. The predicted octanol–water partition coefficient (Wildman–Crippen LogP) is 12.9. The topological polar surface area (TPSA) is 35.9 Å². The van der Waals surface area contributed by atoms with E-state index >= 15 is 0 Å². The zero-order valence-electron chi connectivity index (χ0n) is 58.9. The quantitative estimate of drug-likeness (QED) is 0.119. The van der Waals surface area contributed by atoms with Crippen molar-refractivity contribution in [3.63, 3.8) is 0 Å². The van der Waals surface area contributed by atoms with Crippen LogP contribution in [0.15, 0.2) is 181 Å². The molecule has 0 fully saturated rings. The number of ether oxygens (including phenoxy) is 1. The first-order chi connectivity index (χ1) is 39.9. The maximum Gasteiger partial charge on any atom is 0.269 e. The molecule has 3 heterocycles. The van der Waals surface area contributed by atoms with E-state index < -0.39 is 219 Å². The molecule has 0 N–H and O–H groups in total. The van der Waals surface area contributed by atoms with Gasteiger partial charge in [-0.3, -0.25) is 13.7 Å². The van der Waals surface area contributed by atoms with Crippen LogP contribution in [0.25, 0.3) is 72.3 Å². The summed E-state index contributed by atoms with van der Waals surface area (Å²) in [5.74, 6) is -1.66. The van der Waals surface area contributed by atoms with Crippen molar-refractivity contribution in [3.05, 3.63) is 199 Å². The normalized spacial score (nSPS) is 18.6. The van der Waals surface area contributed by atoms with Gasteiger partial charge in [-0.05, 0) is 94.6 Å². The molecular formula is C53H42N4O. The number of pyridine rings is 1. The van der Waals surface area contributed by atoms with Gasteiger partial charge < -0.3 is 4.74 Å². The van der Waals surface area contributed by atoms with E-state index in [4.69, 9.17) is 29.4 Å². The van der Waals surface area contributed by atoms with Crippen molar-refractivity contribution < 1.29 is 47.7 Å². The summed E-state index contributed by atoms with van der Waals surface area (Å²) in [5, 5.41) is -0.291. The number of imidazole rings is 1. The summed E-state index contributed by atoms with van der Waals surface area (Å²) in [6.07, 6.45) is 2.13. The van der Waals surface area contributed by atoms with Crippen LogP contribution in [-0.2, 0) is 5.41 Å². The van der Waals surface area contributed by atoms with E-state index in [9.17, 15) is 13.7 Å². The molecule has 10 rings (SSSR count). The molecule has 5 heteroatoms. The molecule has 0 aliphatic carbocycles. The van der Waals surface area contributed by atoms with Crippen molar-refractivity contribution in [1.29, 1.82) is 0 Å². The molecule has 0 atom stereocenters. The van der Waals surface area contributed by atoms with Crippen molar-refractivity contribution in [2.45, 2.75) is 33.1 Å². The fourth-order valence-electron chi connectivity index (χ4n) is 6.35. The van der Waals surface area contributed by atoms with Crippen molar-refractivity contribution in [2.75, 3.05) is 0 Å². The Morgan fingerprint density at radius 2 is 1.31 bits per heavy atom. The lowest BCUT2D eigenvalue weighted by Crippen LogP contribution is -2.31. The first-order valence-electron chi connectivity index (χ1n) is 31.5. The summed E-state index contributed by atoms with van der Waals surface area (Å²) in [6.45, 7) is 6.47. The molecule has 3 aromatic heterocycles. The number of benzene rings is 7. The Bertz CT molecular complexity index is 4620. The molecule has 10 aromatic rings. The second kappa shape index (κ2) is 14.1. The molecule has 7 aromatic carbocycles. The van der Waals surface area contributed by atoms with Gasteiger partial charge in [0, 0.05) is 23.0 Å². The lowest BCUT2D eigenvalue weighted by atomic mass is 9.88. The number of hydrogen-bond donors (Lipinski definition) is 0. The van der Waals surface area contributed by atoms with Crippen molar-refractivity contribution >= 4 is 32.8 Å². The molecule has 0 bridgehead atoms. The SMILES string of the molecule is [2H]c1nc(-n2c3cc(Oc4cc(-n5[c-][n+](-c6c(-c7c([2H])c([2H])c([2H])c([2H])c7[2H])c([2H])c([2H])c([2H])c6-c6c([2H])c([2H])c([2H])c([2H])c6[2H])c6c([2H])c([2H])c([2H])c([2H])c65)c([2H])c([2H])c4[2H])c([2H])c([2H])c3c3c([2H])c(C)c([2H])c([2H])c32)c([2H])c(C(C)(C)C)c1[2H]. The Morgan fingerprint density at radius 1 is 0.621 bits per heavy atom. The minimum Gasteiger partial charge on any atom is -0.458 e. The van der Waals surface area contributed by atoms with Gasteiger partial charge in [-0.25, -0.2) is 4.98 Å². The fraction of sp³-hybridized carbons (Fsp3) is 0.0943. The average molecular weight is 779 g/mol. The number of fused-ring (bicyclic) bond motifs is 4. The van der Waals surface area contributed by atoms with Crippen LogP contribution >= 0.6 is 0 Å². The molecule has 0 saturated heterocycles. The second-order valence-corrected chi connectivity index (χ2v) is 13.8. The van der Waals surface area contributed by atoms with E-state index in [0.29, 0.717) is 4.57 Å². The Balaban J connectivity index is 1.34. The highest BCUT2D eigenvalue weighted by molar-refractivity contribution is 6.09. The standard InChI is InChI=1S/C53H42N4O/c1-36-25-28-47-46(31-36)45-27-26-42(34-50(45)57(47)51-32-39(29-30-54-51)53(2,3)4)58-41-20-13-19-40(33-41)55-35-56(49-24-12-11-23-48(49)55)52-43(37-15-7-5-8-16-37)21-14-22-44(52)38-17-9-6-10-18-38/h5-34H,1-4H3/i5D,6D,7D,8D,9D,10D,11D,12D,13D,14D,15D,16D,17D,18D,19D,20D,21D,22D,23D,24D,25D,26D,27D,28D,29D,30D,31D,32D. The fourth-order valence-corrected chi connectivity index (χ4v) is 6.35. The van der Waals surface area contributed by atoms with Crippen LogP contribution in [0, 0.1) is 13.3 Å². The first kappa shape index (κ1) is 16.3. The van der Waals surface area contributed by atoms with Crippen LogP contribution in [0.5, 0.6) is 11.5 Å². The highest BCUT2D eigenvalue weighted by Crippen LogP contribution is 2.38. The number of hydrogen-bond acceptors (Lipinski definition) is 2. The number of aromatic nitrogens is 4. The van der Waals surface area contributed by atoms with E-state index in [-0.39, 0.29) is 50.8 Å². The minimum atomic E-state index is -1.07. The summed E-state index contributed by atoms with van der Waals surface area (Å²) in [7, 11) is 0. The summed E-state index contributed by atoms with van der Waals surface area (Å²) in [5.41, 5.74) is -7.60. The van der Waals surface area contributed by atoms with Crippen LogP contribution in [0.1, 0.15) is 70.3 Å². The van der Waals surface area contributed by atoms with Crippen molar-refractivity contribution in [1.82, 2.24) is 14.1 Å². The second-order valence-electron chi connectivity index (χ2n) is 13.8. The molecule has 0 amide bonds. The van der Waals surface area contributed by atoms with Gasteiger partial charge in [-0.15, -0.1) is 0 Å². The monoisotopic (exact) mass is 779 g/mol. The molecule has 0 radical (unpaired) electrons. The maximum absolute atomic E-state index is 9.45. The molecule has 0 aliphatic heterocycles. The number of rotatable bonds is 7. The van der Waals surface area contributed by atoms with Crippen LogP contribution < -0.4 is 9.30 Å². The van der Waals surface area contributed by atoms with Gasteiger partial charge in [0.15, 0.2) is 0 Å². The summed E-state index contributed by atoms with van der Waals surface area (Å²) >= 11 is 0. The van der Waals surface area contributed by atoms with E-state index in [1.54, 1.807) is 20.8 Å². The van der Waals surface area contributed by atoms with E-state index in [1.165, 1.54) is 6.92 Å². The van der Waals surface area contributed by atoms with Gasteiger partial charge in [-0.1, -0.05) is 141 Å². The van der Waals surface area contributed by atoms with Crippen LogP contribution in [-0.4, -0.2) is 14.1 Å². The van der Waals surface area contributed by atoms with Crippen LogP contribution in [0.4, 0.5) is 0 Å². The van der Waals surface area contributed by atoms with Crippen molar-refractivity contribution in [2.24, 2.45) is 0 Å². The zero-order valence-corrected chi connectivity index (χ0v) is 30.9. The molecule has 0 spiro atoms. The Kier molecular flexibility index (Phi) is 3.95. The molecular weight excluding hydrogens is 709 g/mol. The lowest BCUT2D eigenvalue weighted by Gasteiger charge is -2.20. The predicted molar refractivity (Wildman–Crippen MR) is 237 cm³/mol. The van der Waals surface area contributed by atoms with Crippen LogP contribution in [0.3, 0.4) is 0 Å². The Morgan fingerprint density at radius 3 is 2.05 bits per heavy atom. The maximum atomic E-state index is 9.45. The molecule has 0 aliphatic rings. The summed E-state index contributed by atoms with van der Waals surface area (Å²) in [4.78, 5) is 4.28. The van der Waals surface area contributed by atoms with Crippen LogP contribution in [0.2, 0.25) is 0 Å². The third-order valence-electron chi connectivity index (χ3n) is 8.98. The minimum absolute atomic E-state index is 0.0135. The molecule has 0 unspecified atom stereocenters. The van der Waals surface area contributed by atoms with Gasteiger partial charge in [0.1, 0.15) is 17.3 Å². The van der Waals surface area contributed by atoms with Gasteiger partial charge in [0.25, 0.3) is 6.33 Å². The molecule has 0 saturated carbocycles. The Hall–Kier alpha value is -7.24. The highest BCUT2D eigenvalue weighted by Gasteiger charge is 2.21. The average Bonchev–Trinajstić information content (AvgIpc) is 1.45. The largest absolute Gasteiger partial charge is 0.458 e. The van der Waals surface area contributed by atoms with Gasteiger partial charge in [0.2, 0.25) is 0 Å². The number of nitrogens with zero attached hydrogens (tertiary/aromatic N) is 4.